The molecule has 0 aliphatic carbocycles. The van der Waals surface area contributed by atoms with Crippen molar-refractivity contribution in [1.82, 2.24) is 0 Å². The average molecular weight is 237 g/mol. The number of hydrogen-bond acceptors (Lipinski definition) is 1. The van der Waals surface area contributed by atoms with E-state index in [1.54, 1.807) is 0 Å². The predicted octanol–water partition coefficient (Wildman–Crippen LogP) is 3.05. The number of benzene rings is 1. The molecule has 0 saturated heterocycles. The van der Waals surface area contributed by atoms with Gasteiger partial charge in [-0.2, -0.15) is 0 Å². The summed E-state index contributed by atoms with van der Waals surface area (Å²) in [6.07, 6.45) is 4.92. The van der Waals surface area contributed by atoms with E-state index < -0.39 is 0 Å². The van der Waals surface area contributed by atoms with E-state index in [0.29, 0.717) is 0 Å². The molecule has 2 heteroatoms. The minimum absolute atomic E-state index is 0. The van der Waals surface area contributed by atoms with Crippen LogP contribution in [0.3, 0.4) is 0 Å². The Kier molecular flexibility index (Phi) is 7.09. The zero-order chi connectivity index (χ0) is 12.0. The minimum atomic E-state index is 0. The normalized spacial score (nSPS) is 12.9. The summed E-state index contributed by atoms with van der Waals surface area (Å²) >= 11 is 0. The molecule has 0 saturated carbocycles. The van der Waals surface area contributed by atoms with Crippen molar-refractivity contribution in [1.29, 1.82) is 0 Å². The first kappa shape index (κ1) is 16.1. The molecule has 1 aromatic carbocycles. The summed E-state index contributed by atoms with van der Waals surface area (Å²) in [5.74, 6) is 0. The monoisotopic (exact) mass is 237 g/mol. The second-order valence-electron chi connectivity index (χ2n) is 5.19. The smallest absolute Gasteiger partial charge is 0.0131 e. The lowest BCUT2D eigenvalue weighted by atomic mass is 9.76. The lowest BCUT2D eigenvalue weighted by molar-refractivity contribution is 0.377. The summed E-state index contributed by atoms with van der Waals surface area (Å²) < 4.78 is 0. The average Bonchev–Trinajstić information content (AvgIpc) is 2.30. The molecule has 1 aromatic rings. The molecule has 1 atom stereocenters. The molecule has 1 unspecified atom stereocenters. The van der Waals surface area contributed by atoms with Gasteiger partial charge in [-0.3, -0.25) is 0 Å². The Labute approximate surface area is 106 Å². The Morgan fingerprint density at radius 1 is 1.12 bits per heavy atom. The molecular weight excluding hydrogens is 210 g/mol. The summed E-state index contributed by atoms with van der Waals surface area (Å²) in [6, 6.07) is 10.9. The minimum Gasteiger partial charge on any atom is -0.412 e. The highest BCUT2D eigenvalue weighted by molar-refractivity contribution is 5.25. The van der Waals surface area contributed by atoms with Gasteiger partial charge in [0.05, 0.1) is 0 Å². The highest BCUT2D eigenvalue weighted by atomic mass is 16.0. The zero-order valence-corrected chi connectivity index (χ0v) is 11.4. The Balaban J connectivity index is 0.00000256. The quantitative estimate of drug-likeness (QED) is 0.760. The van der Waals surface area contributed by atoms with Crippen molar-refractivity contribution in [2.45, 2.75) is 57.9 Å². The zero-order valence-electron chi connectivity index (χ0n) is 11.4. The molecular formula is C15H27NO. The van der Waals surface area contributed by atoms with Gasteiger partial charge in [0.2, 0.25) is 0 Å². The van der Waals surface area contributed by atoms with Crippen LogP contribution in [0.15, 0.2) is 30.3 Å². The second kappa shape index (κ2) is 7.46. The number of hydrogen-bond donors (Lipinski definition) is 1. The van der Waals surface area contributed by atoms with Gasteiger partial charge in [-0.15, -0.1) is 0 Å². The van der Waals surface area contributed by atoms with E-state index in [4.69, 9.17) is 5.73 Å². The molecule has 0 bridgehead atoms. The second-order valence-corrected chi connectivity index (χ2v) is 5.19. The van der Waals surface area contributed by atoms with Gasteiger partial charge in [-0.1, -0.05) is 70.4 Å². The van der Waals surface area contributed by atoms with Crippen molar-refractivity contribution in [2.75, 3.05) is 0 Å². The van der Waals surface area contributed by atoms with E-state index in [9.17, 15) is 0 Å². The summed E-state index contributed by atoms with van der Waals surface area (Å²) in [5, 5.41) is 0. The van der Waals surface area contributed by atoms with E-state index in [2.05, 4.69) is 51.1 Å². The molecule has 0 heterocycles. The van der Waals surface area contributed by atoms with Crippen LogP contribution in [0.4, 0.5) is 0 Å². The molecule has 0 aliphatic rings. The molecule has 2 nitrogen and oxygen atoms in total. The number of nitrogens with two attached hydrogens (primary N) is 1. The Morgan fingerprint density at radius 3 is 2.24 bits per heavy atom. The fraction of sp³-hybridized carbons (Fsp3) is 0.600. The van der Waals surface area contributed by atoms with Crippen LogP contribution < -0.4 is 5.73 Å². The summed E-state index contributed by atoms with van der Waals surface area (Å²) in [4.78, 5) is 0. The first-order valence-electron chi connectivity index (χ1n) is 6.40. The topological polar surface area (TPSA) is 57.5 Å². The maximum absolute atomic E-state index is 6.32. The molecule has 0 aromatic heterocycles. The van der Waals surface area contributed by atoms with Crippen LogP contribution in [0, 0.1) is 0 Å². The maximum Gasteiger partial charge on any atom is 0.0131 e. The first-order valence-corrected chi connectivity index (χ1v) is 6.40. The van der Waals surface area contributed by atoms with Gasteiger partial charge in [0.25, 0.3) is 0 Å². The number of unbranched alkanes of at least 4 members (excludes halogenated alkanes) is 2. The van der Waals surface area contributed by atoms with Crippen LogP contribution in [0.5, 0.6) is 0 Å². The van der Waals surface area contributed by atoms with E-state index >= 15 is 0 Å². The van der Waals surface area contributed by atoms with Gasteiger partial charge in [0.1, 0.15) is 0 Å². The van der Waals surface area contributed by atoms with Gasteiger partial charge in [0, 0.05) is 11.5 Å². The van der Waals surface area contributed by atoms with Crippen molar-refractivity contribution < 1.29 is 5.48 Å². The molecule has 98 valence electrons. The molecule has 0 radical (unpaired) electrons. The maximum atomic E-state index is 6.32. The van der Waals surface area contributed by atoms with Crippen molar-refractivity contribution in [3.63, 3.8) is 0 Å². The summed E-state index contributed by atoms with van der Waals surface area (Å²) in [7, 11) is 0. The van der Waals surface area contributed by atoms with Crippen LogP contribution in [-0.2, 0) is 5.41 Å². The van der Waals surface area contributed by atoms with Crippen molar-refractivity contribution in [3.05, 3.63) is 35.9 Å². The molecule has 0 amide bonds. The fourth-order valence-electron chi connectivity index (χ4n) is 2.06. The van der Waals surface area contributed by atoms with Gasteiger partial charge in [-0.05, 0) is 12.0 Å². The highest BCUT2D eigenvalue weighted by Crippen LogP contribution is 2.28. The summed E-state index contributed by atoms with van der Waals surface area (Å²) in [6.45, 7) is 6.73. The van der Waals surface area contributed by atoms with E-state index in [0.717, 1.165) is 6.42 Å². The number of rotatable bonds is 6. The van der Waals surface area contributed by atoms with Gasteiger partial charge >= 0.3 is 0 Å². The lowest BCUT2D eigenvalue weighted by Crippen LogP contribution is -2.40. The Morgan fingerprint density at radius 2 is 1.71 bits per heavy atom. The SMILES string of the molecule is CCCCCC(N)C(C)(C)c1ccccc1.O. The van der Waals surface area contributed by atoms with Crippen molar-refractivity contribution in [2.24, 2.45) is 5.73 Å². The molecule has 0 fully saturated rings. The van der Waals surface area contributed by atoms with Crippen LogP contribution in [0.1, 0.15) is 52.0 Å². The third-order valence-electron chi connectivity index (χ3n) is 3.56. The first-order chi connectivity index (χ1) is 7.59. The van der Waals surface area contributed by atoms with Crippen molar-refractivity contribution in [3.8, 4) is 0 Å². The van der Waals surface area contributed by atoms with Crippen LogP contribution >= 0.6 is 0 Å². The predicted molar refractivity (Wildman–Crippen MR) is 75.2 cm³/mol. The van der Waals surface area contributed by atoms with E-state index in [1.807, 2.05) is 0 Å². The van der Waals surface area contributed by atoms with Gasteiger partial charge in [0.15, 0.2) is 0 Å². The van der Waals surface area contributed by atoms with E-state index in [-0.39, 0.29) is 16.9 Å². The third kappa shape index (κ3) is 4.49. The fourth-order valence-corrected chi connectivity index (χ4v) is 2.06. The molecule has 1 rings (SSSR count). The highest BCUT2D eigenvalue weighted by Gasteiger charge is 2.27. The molecule has 0 spiro atoms. The van der Waals surface area contributed by atoms with Crippen LogP contribution in [-0.4, -0.2) is 11.5 Å². The largest absolute Gasteiger partial charge is 0.412 e. The summed E-state index contributed by atoms with van der Waals surface area (Å²) in [5.41, 5.74) is 7.75. The Bertz CT molecular complexity index is 295. The van der Waals surface area contributed by atoms with Crippen molar-refractivity contribution >= 4 is 0 Å². The standard InChI is InChI=1S/C15H25N.H2O/c1-4-5-7-12-14(16)15(2,3)13-10-8-6-9-11-13;/h6,8-11,14H,4-5,7,12,16H2,1-3H3;1H2. The van der Waals surface area contributed by atoms with Crippen LogP contribution in [0.2, 0.25) is 0 Å². The molecule has 4 N–H and O–H groups in total. The molecule has 17 heavy (non-hydrogen) atoms. The van der Waals surface area contributed by atoms with Gasteiger partial charge in [-0.25, -0.2) is 0 Å². The lowest BCUT2D eigenvalue weighted by Gasteiger charge is -2.32. The third-order valence-corrected chi connectivity index (χ3v) is 3.56. The van der Waals surface area contributed by atoms with Crippen LogP contribution in [0.25, 0.3) is 0 Å². The Hall–Kier alpha value is -0.860. The molecule has 0 aliphatic heterocycles. The van der Waals surface area contributed by atoms with Gasteiger partial charge < -0.3 is 11.2 Å². The van der Waals surface area contributed by atoms with E-state index in [1.165, 1.54) is 24.8 Å².